The van der Waals surface area contributed by atoms with Gasteiger partial charge in [-0.25, -0.2) is 0 Å². The van der Waals surface area contributed by atoms with Gasteiger partial charge in [0.05, 0.1) is 5.69 Å². The summed E-state index contributed by atoms with van der Waals surface area (Å²) in [5.41, 5.74) is 1.71. The fraction of sp³-hybridized carbons (Fsp3) is 0.278. The summed E-state index contributed by atoms with van der Waals surface area (Å²) in [7, 11) is 0. The van der Waals surface area contributed by atoms with Crippen molar-refractivity contribution in [2.45, 2.75) is 37.5 Å². The molecule has 0 spiro atoms. The molecule has 0 saturated carbocycles. The first-order valence-corrected chi connectivity index (χ1v) is 7.83. The van der Waals surface area contributed by atoms with Crippen LogP contribution in [-0.2, 0) is 4.79 Å². The lowest BCUT2D eigenvalue weighted by atomic mass is 9.95. The number of anilines is 1. The van der Waals surface area contributed by atoms with Crippen molar-refractivity contribution >= 4 is 23.4 Å². The van der Waals surface area contributed by atoms with E-state index in [-0.39, 0.29) is 5.91 Å². The number of aryl methyl sites for hydroxylation is 1. The molecule has 0 radical (unpaired) electrons. The summed E-state index contributed by atoms with van der Waals surface area (Å²) in [6, 6.07) is 16.3. The Morgan fingerprint density at radius 2 is 1.62 bits per heavy atom. The van der Waals surface area contributed by atoms with Gasteiger partial charge < -0.3 is 5.32 Å². The number of benzene rings is 2. The van der Waals surface area contributed by atoms with E-state index in [9.17, 15) is 4.79 Å². The summed E-state index contributed by atoms with van der Waals surface area (Å²) in [6.45, 7) is 7.82. The first-order valence-electron chi connectivity index (χ1n) is 7.01. The standard InChI is InChI=1S/C18H21NOS/c1-13-9-11-14(12-10-13)21-16-8-6-5-7-15(16)19-17(20)18(2,3)4/h5-12H,1-4H3,(H,19,20). The molecule has 0 aliphatic carbocycles. The predicted molar refractivity (Wildman–Crippen MR) is 89.8 cm³/mol. The second kappa shape index (κ2) is 6.35. The molecule has 0 atom stereocenters. The maximum absolute atomic E-state index is 12.2. The molecular formula is C18H21NOS. The highest BCUT2D eigenvalue weighted by Crippen LogP contribution is 2.34. The summed E-state index contributed by atoms with van der Waals surface area (Å²) in [4.78, 5) is 14.4. The van der Waals surface area contributed by atoms with Gasteiger partial charge in [0.15, 0.2) is 0 Å². The normalized spacial score (nSPS) is 11.2. The number of hydrogen-bond donors (Lipinski definition) is 1. The smallest absolute Gasteiger partial charge is 0.229 e. The van der Waals surface area contributed by atoms with E-state index in [4.69, 9.17) is 0 Å². The van der Waals surface area contributed by atoms with Crippen molar-refractivity contribution in [1.82, 2.24) is 0 Å². The molecular weight excluding hydrogens is 278 g/mol. The van der Waals surface area contributed by atoms with Crippen molar-refractivity contribution in [3.05, 3.63) is 54.1 Å². The van der Waals surface area contributed by atoms with E-state index < -0.39 is 5.41 Å². The Hall–Kier alpha value is -1.74. The van der Waals surface area contributed by atoms with E-state index in [0.29, 0.717) is 0 Å². The molecule has 0 aromatic heterocycles. The molecule has 21 heavy (non-hydrogen) atoms. The Kier molecular flexibility index (Phi) is 4.73. The van der Waals surface area contributed by atoms with Gasteiger partial charge in [0, 0.05) is 15.2 Å². The Bertz CT molecular complexity index is 626. The minimum atomic E-state index is -0.401. The molecule has 0 bridgehead atoms. The molecule has 0 aliphatic heterocycles. The molecule has 0 fully saturated rings. The predicted octanol–water partition coefficient (Wildman–Crippen LogP) is 5.13. The number of nitrogens with one attached hydrogen (secondary N) is 1. The molecule has 1 N–H and O–H groups in total. The summed E-state index contributed by atoms with van der Waals surface area (Å²) in [5.74, 6) is 0.0273. The van der Waals surface area contributed by atoms with Crippen LogP contribution in [0.4, 0.5) is 5.69 Å². The Morgan fingerprint density at radius 1 is 1.00 bits per heavy atom. The average molecular weight is 299 g/mol. The fourth-order valence-electron chi connectivity index (χ4n) is 1.70. The average Bonchev–Trinajstić information content (AvgIpc) is 2.42. The highest BCUT2D eigenvalue weighted by atomic mass is 32.2. The third kappa shape index (κ3) is 4.36. The van der Waals surface area contributed by atoms with Gasteiger partial charge in [0.25, 0.3) is 0 Å². The maximum Gasteiger partial charge on any atom is 0.229 e. The van der Waals surface area contributed by atoms with Gasteiger partial charge in [-0.05, 0) is 31.2 Å². The first-order chi connectivity index (χ1) is 9.86. The number of hydrogen-bond acceptors (Lipinski definition) is 2. The molecule has 0 unspecified atom stereocenters. The van der Waals surface area contributed by atoms with Crippen LogP contribution in [-0.4, -0.2) is 5.91 Å². The second-order valence-electron chi connectivity index (χ2n) is 6.12. The zero-order chi connectivity index (χ0) is 15.5. The highest BCUT2D eigenvalue weighted by molar-refractivity contribution is 7.99. The van der Waals surface area contributed by atoms with Crippen molar-refractivity contribution < 1.29 is 4.79 Å². The van der Waals surface area contributed by atoms with E-state index in [1.807, 2.05) is 45.0 Å². The summed E-state index contributed by atoms with van der Waals surface area (Å²) in [6.07, 6.45) is 0. The number of carbonyl (C=O) groups is 1. The molecule has 3 heteroatoms. The van der Waals surface area contributed by atoms with Gasteiger partial charge in [-0.2, -0.15) is 0 Å². The largest absolute Gasteiger partial charge is 0.325 e. The van der Waals surface area contributed by atoms with Crippen LogP contribution in [0.15, 0.2) is 58.3 Å². The van der Waals surface area contributed by atoms with Crippen molar-refractivity contribution in [2.75, 3.05) is 5.32 Å². The van der Waals surface area contributed by atoms with E-state index in [0.717, 1.165) is 15.5 Å². The molecule has 2 nitrogen and oxygen atoms in total. The van der Waals surface area contributed by atoms with Gasteiger partial charge in [0.1, 0.15) is 0 Å². The fourth-order valence-corrected chi connectivity index (χ4v) is 2.60. The molecule has 2 aromatic rings. The summed E-state index contributed by atoms with van der Waals surface area (Å²) >= 11 is 1.66. The molecule has 0 saturated heterocycles. The van der Waals surface area contributed by atoms with Crippen LogP contribution in [0.3, 0.4) is 0 Å². The topological polar surface area (TPSA) is 29.1 Å². The van der Waals surface area contributed by atoms with E-state index >= 15 is 0 Å². The Labute approximate surface area is 131 Å². The first kappa shape index (κ1) is 15.6. The van der Waals surface area contributed by atoms with Crippen molar-refractivity contribution in [3.63, 3.8) is 0 Å². The quantitative estimate of drug-likeness (QED) is 0.851. The zero-order valence-corrected chi connectivity index (χ0v) is 13.8. The van der Waals surface area contributed by atoms with Crippen LogP contribution in [0.1, 0.15) is 26.3 Å². The molecule has 2 rings (SSSR count). The third-order valence-electron chi connectivity index (χ3n) is 3.07. The lowest BCUT2D eigenvalue weighted by molar-refractivity contribution is -0.123. The van der Waals surface area contributed by atoms with Crippen molar-refractivity contribution in [1.29, 1.82) is 0 Å². The number of amides is 1. The van der Waals surface area contributed by atoms with Gasteiger partial charge in [0.2, 0.25) is 5.91 Å². The van der Waals surface area contributed by atoms with Crippen molar-refractivity contribution in [3.8, 4) is 0 Å². The Balaban J connectivity index is 2.21. The summed E-state index contributed by atoms with van der Waals surface area (Å²) < 4.78 is 0. The minimum absolute atomic E-state index is 0.0273. The van der Waals surface area contributed by atoms with Gasteiger partial charge in [-0.3, -0.25) is 4.79 Å². The monoisotopic (exact) mass is 299 g/mol. The molecule has 0 heterocycles. The van der Waals surface area contributed by atoms with Crippen LogP contribution >= 0.6 is 11.8 Å². The van der Waals surface area contributed by atoms with Crippen LogP contribution in [0.25, 0.3) is 0 Å². The lowest BCUT2D eigenvalue weighted by Gasteiger charge is -2.19. The van der Waals surface area contributed by atoms with Gasteiger partial charge in [-0.1, -0.05) is 62.4 Å². The van der Waals surface area contributed by atoms with Crippen LogP contribution in [0.5, 0.6) is 0 Å². The lowest BCUT2D eigenvalue weighted by Crippen LogP contribution is -2.27. The van der Waals surface area contributed by atoms with Crippen LogP contribution in [0.2, 0.25) is 0 Å². The molecule has 1 amide bonds. The molecule has 0 aliphatic rings. The van der Waals surface area contributed by atoms with E-state index in [2.05, 4.69) is 36.5 Å². The SMILES string of the molecule is Cc1ccc(Sc2ccccc2NC(=O)C(C)(C)C)cc1. The number of rotatable bonds is 3. The van der Waals surface area contributed by atoms with E-state index in [1.165, 1.54) is 5.56 Å². The van der Waals surface area contributed by atoms with Crippen LogP contribution in [0, 0.1) is 12.3 Å². The Morgan fingerprint density at radius 3 is 2.24 bits per heavy atom. The number of para-hydroxylation sites is 1. The highest BCUT2D eigenvalue weighted by Gasteiger charge is 2.22. The number of carbonyl (C=O) groups excluding carboxylic acids is 1. The third-order valence-corrected chi connectivity index (χ3v) is 4.15. The zero-order valence-electron chi connectivity index (χ0n) is 12.9. The van der Waals surface area contributed by atoms with Gasteiger partial charge >= 0.3 is 0 Å². The van der Waals surface area contributed by atoms with Crippen LogP contribution < -0.4 is 5.32 Å². The summed E-state index contributed by atoms with van der Waals surface area (Å²) in [5, 5.41) is 3.02. The molecule has 2 aromatic carbocycles. The van der Waals surface area contributed by atoms with Crippen molar-refractivity contribution in [2.24, 2.45) is 5.41 Å². The second-order valence-corrected chi connectivity index (χ2v) is 7.23. The van der Waals surface area contributed by atoms with E-state index in [1.54, 1.807) is 11.8 Å². The molecule has 110 valence electrons. The van der Waals surface area contributed by atoms with Gasteiger partial charge in [-0.15, -0.1) is 0 Å². The maximum atomic E-state index is 12.2. The minimum Gasteiger partial charge on any atom is -0.325 e.